The number of aromatic nitrogens is 2. The van der Waals surface area contributed by atoms with E-state index < -0.39 is 29.4 Å². The van der Waals surface area contributed by atoms with Crippen LogP contribution < -0.4 is 16.2 Å². The number of rotatable bonds is 5. The minimum Gasteiger partial charge on any atom is -0.481 e. The standard InChI is InChI=1S/C23H20N4O6/c1-12-24-20-15(23(33)27(12)17-8-9-18(28)26-22(17)32)6-3-7-16(20)25-21(31)14-5-2-4-13(10-14)11-19(29)30/h2-7,10,17H,8-9,11H2,1H3,(H,25,31)(H,29,30)(H,26,28,32). The SMILES string of the molecule is Cc1nc2c(NC(=O)c3cccc(CC(=O)O)c3)cccc2c(=O)n1C1CCC(=O)NC1=O. The van der Waals surface area contributed by atoms with Crippen LogP contribution in [0.15, 0.2) is 47.3 Å². The molecule has 4 rings (SSSR count). The lowest BCUT2D eigenvalue weighted by atomic mass is 10.1. The third-order valence-electron chi connectivity index (χ3n) is 5.42. The van der Waals surface area contributed by atoms with Crippen LogP contribution >= 0.6 is 0 Å². The highest BCUT2D eigenvalue weighted by Crippen LogP contribution is 2.24. The van der Waals surface area contributed by atoms with Gasteiger partial charge >= 0.3 is 5.97 Å². The molecule has 1 saturated heterocycles. The fourth-order valence-electron chi connectivity index (χ4n) is 3.92. The number of anilines is 1. The minimum absolute atomic E-state index is 0.122. The zero-order chi connectivity index (χ0) is 23.7. The molecular weight excluding hydrogens is 428 g/mol. The van der Waals surface area contributed by atoms with Crippen molar-refractivity contribution in [1.29, 1.82) is 0 Å². The molecular formula is C23H20N4O6. The fraction of sp³-hybridized carbons (Fsp3) is 0.217. The van der Waals surface area contributed by atoms with Crippen LogP contribution in [0.1, 0.15) is 40.6 Å². The molecule has 1 fully saturated rings. The Morgan fingerprint density at radius 2 is 1.94 bits per heavy atom. The number of aliphatic carboxylic acids is 1. The van der Waals surface area contributed by atoms with E-state index >= 15 is 0 Å². The van der Waals surface area contributed by atoms with Gasteiger partial charge in [-0.3, -0.25) is 33.9 Å². The third-order valence-corrected chi connectivity index (χ3v) is 5.42. The quantitative estimate of drug-likeness (QED) is 0.502. The number of para-hydroxylation sites is 1. The lowest BCUT2D eigenvalue weighted by molar-refractivity contribution is -0.137. The average molecular weight is 448 g/mol. The Morgan fingerprint density at radius 1 is 1.18 bits per heavy atom. The Hall–Kier alpha value is -4.34. The molecule has 1 aliphatic rings. The van der Waals surface area contributed by atoms with Crippen molar-refractivity contribution in [3.8, 4) is 0 Å². The van der Waals surface area contributed by atoms with Crippen molar-refractivity contribution in [3.63, 3.8) is 0 Å². The van der Waals surface area contributed by atoms with Crippen molar-refractivity contribution < 1.29 is 24.3 Å². The van der Waals surface area contributed by atoms with Crippen LogP contribution in [0.4, 0.5) is 5.69 Å². The first kappa shape index (κ1) is 21.9. The highest BCUT2D eigenvalue weighted by molar-refractivity contribution is 6.08. The molecule has 1 atom stereocenters. The predicted octanol–water partition coefficient (Wildman–Crippen LogP) is 1.56. The molecule has 10 heteroatoms. The largest absolute Gasteiger partial charge is 0.481 e. The molecule has 168 valence electrons. The summed E-state index contributed by atoms with van der Waals surface area (Å²) in [7, 11) is 0. The topological polar surface area (TPSA) is 147 Å². The van der Waals surface area contributed by atoms with E-state index in [0.29, 0.717) is 11.3 Å². The van der Waals surface area contributed by atoms with Crippen molar-refractivity contribution in [2.75, 3.05) is 5.32 Å². The number of amides is 3. The molecule has 3 N–H and O–H groups in total. The molecule has 0 aliphatic carbocycles. The van der Waals surface area contributed by atoms with E-state index in [9.17, 15) is 24.0 Å². The van der Waals surface area contributed by atoms with Crippen LogP contribution in [0.3, 0.4) is 0 Å². The lowest BCUT2D eigenvalue weighted by Gasteiger charge is -2.24. The maximum atomic E-state index is 13.2. The second-order valence-corrected chi connectivity index (χ2v) is 7.73. The van der Waals surface area contributed by atoms with Gasteiger partial charge in [0.05, 0.1) is 17.5 Å². The number of imide groups is 1. The van der Waals surface area contributed by atoms with Gasteiger partial charge in [-0.25, -0.2) is 4.98 Å². The van der Waals surface area contributed by atoms with Crippen LogP contribution in [-0.4, -0.2) is 38.3 Å². The predicted molar refractivity (Wildman–Crippen MR) is 118 cm³/mol. The van der Waals surface area contributed by atoms with E-state index in [1.165, 1.54) is 10.6 Å². The Morgan fingerprint density at radius 3 is 2.67 bits per heavy atom. The molecule has 1 unspecified atom stereocenters. The zero-order valence-electron chi connectivity index (χ0n) is 17.6. The summed E-state index contributed by atoms with van der Waals surface area (Å²) in [5.41, 5.74) is 0.857. The van der Waals surface area contributed by atoms with E-state index in [0.717, 1.165) is 0 Å². The van der Waals surface area contributed by atoms with Crippen LogP contribution in [0.2, 0.25) is 0 Å². The number of nitrogens with zero attached hydrogens (tertiary/aromatic N) is 2. The van der Waals surface area contributed by atoms with Crippen LogP contribution in [0.5, 0.6) is 0 Å². The number of hydrogen-bond donors (Lipinski definition) is 3. The van der Waals surface area contributed by atoms with Gasteiger partial charge in [-0.05, 0) is 43.2 Å². The van der Waals surface area contributed by atoms with Gasteiger partial charge in [-0.1, -0.05) is 18.2 Å². The highest BCUT2D eigenvalue weighted by Gasteiger charge is 2.30. The number of carbonyl (C=O) groups is 4. The summed E-state index contributed by atoms with van der Waals surface area (Å²) in [5.74, 6) is -2.15. The van der Waals surface area contributed by atoms with Gasteiger partial charge in [0.1, 0.15) is 17.4 Å². The summed E-state index contributed by atoms with van der Waals surface area (Å²) < 4.78 is 1.27. The summed E-state index contributed by atoms with van der Waals surface area (Å²) in [6, 6.07) is 10.2. The number of nitrogens with one attached hydrogen (secondary N) is 2. The van der Waals surface area contributed by atoms with Crippen LogP contribution in [-0.2, 0) is 20.8 Å². The first-order valence-corrected chi connectivity index (χ1v) is 10.2. The Labute approximate surface area is 187 Å². The van der Waals surface area contributed by atoms with E-state index in [-0.39, 0.29) is 47.5 Å². The van der Waals surface area contributed by atoms with Gasteiger partial charge in [0.2, 0.25) is 11.8 Å². The highest BCUT2D eigenvalue weighted by atomic mass is 16.4. The van der Waals surface area contributed by atoms with Gasteiger partial charge in [0.25, 0.3) is 11.5 Å². The molecule has 3 amide bonds. The molecule has 1 aromatic heterocycles. The molecule has 0 radical (unpaired) electrons. The number of carbonyl (C=O) groups excluding carboxylic acids is 3. The Bertz CT molecular complexity index is 1380. The molecule has 3 aromatic rings. The molecule has 2 aromatic carbocycles. The first-order chi connectivity index (χ1) is 15.7. The van der Waals surface area contributed by atoms with Gasteiger partial charge < -0.3 is 10.4 Å². The molecule has 33 heavy (non-hydrogen) atoms. The maximum Gasteiger partial charge on any atom is 0.307 e. The minimum atomic E-state index is -1.01. The number of benzene rings is 2. The van der Waals surface area contributed by atoms with Gasteiger partial charge in [-0.2, -0.15) is 0 Å². The van der Waals surface area contributed by atoms with Gasteiger partial charge in [0, 0.05) is 12.0 Å². The number of hydrogen-bond acceptors (Lipinski definition) is 6. The zero-order valence-corrected chi connectivity index (χ0v) is 17.6. The second-order valence-electron chi connectivity index (χ2n) is 7.73. The van der Waals surface area contributed by atoms with Crippen molar-refractivity contribution in [1.82, 2.24) is 14.9 Å². The number of carboxylic acid groups (broad SMARTS) is 1. The average Bonchev–Trinajstić information content (AvgIpc) is 2.75. The summed E-state index contributed by atoms with van der Waals surface area (Å²) in [6.07, 6.45) is 0.106. The van der Waals surface area contributed by atoms with E-state index in [1.54, 1.807) is 43.3 Å². The maximum absolute atomic E-state index is 13.2. The number of piperidine rings is 1. The molecule has 1 aliphatic heterocycles. The second kappa shape index (κ2) is 8.65. The molecule has 0 bridgehead atoms. The summed E-state index contributed by atoms with van der Waals surface area (Å²) in [5, 5.41) is 14.1. The smallest absolute Gasteiger partial charge is 0.307 e. The first-order valence-electron chi connectivity index (χ1n) is 10.2. The van der Waals surface area contributed by atoms with E-state index in [2.05, 4.69) is 15.6 Å². The summed E-state index contributed by atoms with van der Waals surface area (Å²) in [6.45, 7) is 1.58. The van der Waals surface area contributed by atoms with Gasteiger partial charge in [-0.15, -0.1) is 0 Å². The number of fused-ring (bicyclic) bond motifs is 1. The summed E-state index contributed by atoms with van der Waals surface area (Å²) in [4.78, 5) is 65.2. The van der Waals surface area contributed by atoms with E-state index in [1.807, 2.05) is 0 Å². The monoisotopic (exact) mass is 448 g/mol. The fourth-order valence-corrected chi connectivity index (χ4v) is 3.92. The molecule has 0 saturated carbocycles. The molecule has 0 spiro atoms. The van der Waals surface area contributed by atoms with Crippen LogP contribution in [0.25, 0.3) is 10.9 Å². The number of carboxylic acids is 1. The van der Waals surface area contributed by atoms with Crippen molar-refractivity contribution >= 4 is 40.3 Å². The third kappa shape index (κ3) is 4.36. The molecule has 10 nitrogen and oxygen atoms in total. The van der Waals surface area contributed by atoms with E-state index in [4.69, 9.17) is 5.11 Å². The summed E-state index contributed by atoms with van der Waals surface area (Å²) >= 11 is 0. The normalized spacial score (nSPS) is 15.8. The van der Waals surface area contributed by atoms with Crippen molar-refractivity contribution in [2.45, 2.75) is 32.2 Å². The van der Waals surface area contributed by atoms with Crippen molar-refractivity contribution in [3.05, 3.63) is 69.8 Å². The Balaban J connectivity index is 1.70. The molecule has 2 heterocycles. The van der Waals surface area contributed by atoms with Gasteiger partial charge in [0.15, 0.2) is 0 Å². The van der Waals surface area contributed by atoms with Crippen molar-refractivity contribution in [2.24, 2.45) is 0 Å². The number of aryl methyl sites for hydroxylation is 1. The van der Waals surface area contributed by atoms with Crippen LogP contribution in [0, 0.1) is 6.92 Å². The Kier molecular flexibility index (Phi) is 5.74. The lowest BCUT2D eigenvalue weighted by Crippen LogP contribution is -2.45.